The summed E-state index contributed by atoms with van der Waals surface area (Å²) in [5.74, 6) is 0.639. The number of aliphatic hydroxyl groups is 1. The van der Waals surface area contributed by atoms with E-state index in [9.17, 15) is 5.11 Å². The molecular weight excluding hydrogens is 354 g/mol. The van der Waals surface area contributed by atoms with Gasteiger partial charge in [-0.3, -0.25) is 0 Å². The van der Waals surface area contributed by atoms with Crippen molar-refractivity contribution >= 4 is 17.5 Å². The summed E-state index contributed by atoms with van der Waals surface area (Å²) < 4.78 is 5.15. The van der Waals surface area contributed by atoms with E-state index in [1.165, 1.54) is 10.5 Å². The molecule has 4 heteroatoms. The van der Waals surface area contributed by atoms with Gasteiger partial charge < -0.3 is 14.7 Å². The Labute approximate surface area is 166 Å². The van der Waals surface area contributed by atoms with Crippen molar-refractivity contribution in [3.63, 3.8) is 0 Å². The van der Waals surface area contributed by atoms with E-state index in [1.807, 2.05) is 12.1 Å². The highest BCUT2D eigenvalue weighted by atomic mass is 32.2. The van der Waals surface area contributed by atoms with Gasteiger partial charge in [0.1, 0.15) is 5.60 Å². The van der Waals surface area contributed by atoms with Crippen molar-refractivity contribution in [1.82, 2.24) is 4.90 Å². The summed E-state index contributed by atoms with van der Waals surface area (Å²) in [5.41, 5.74) is 3.79. The van der Waals surface area contributed by atoms with Crippen molar-refractivity contribution in [2.24, 2.45) is 0 Å². The third-order valence-corrected chi connectivity index (χ3v) is 6.64. The number of thioether (sulfide) groups is 1. The molecule has 0 bridgehead atoms. The SMILES string of the molecule is C=C(c1ccc(C2(O)COC2)cc1)N1CCC(c2ccc(SC)cc2)CC1. The molecule has 142 valence electrons. The summed E-state index contributed by atoms with van der Waals surface area (Å²) >= 11 is 1.79. The summed E-state index contributed by atoms with van der Waals surface area (Å²) in [7, 11) is 0. The van der Waals surface area contributed by atoms with Crippen LogP contribution < -0.4 is 0 Å². The molecule has 0 aromatic heterocycles. The molecule has 2 aromatic carbocycles. The summed E-state index contributed by atoms with van der Waals surface area (Å²) in [4.78, 5) is 3.72. The first kappa shape index (κ1) is 18.6. The van der Waals surface area contributed by atoms with Crippen LogP contribution in [0.5, 0.6) is 0 Å². The Morgan fingerprint density at radius 1 is 1.07 bits per heavy atom. The van der Waals surface area contributed by atoms with Crippen LogP contribution in [0.15, 0.2) is 60.0 Å². The van der Waals surface area contributed by atoms with Gasteiger partial charge in [-0.15, -0.1) is 11.8 Å². The second-order valence-electron chi connectivity index (χ2n) is 7.58. The Bertz CT molecular complexity index is 788. The average molecular weight is 382 g/mol. The van der Waals surface area contributed by atoms with Crippen molar-refractivity contribution in [2.75, 3.05) is 32.6 Å². The molecule has 4 rings (SSSR count). The third-order valence-electron chi connectivity index (χ3n) is 5.90. The minimum absolute atomic E-state index is 0.388. The number of nitrogens with zero attached hydrogens (tertiary/aromatic N) is 1. The largest absolute Gasteiger partial charge is 0.380 e. The number of piperidine rings is 1. The highest BCUT2D eigenvalue weighted by Gasteiger charge is 2.37. The van der Waals surface area contributed by atoms with Crippen molar-refractivity contribution in [3.8, 4) is 0 Å². The molecule has 3 nitrogen and oxygen atoms in total. The Balaban J connectivity index is 1.36. The van der Waals surface area contributed by atoms with Crippen LogP contribution in [-0.4, -0.2) is 42.6 Å². The third kappa shape index (κ3) is 3.79. The van der Waals surface area contributed by atoms with Gasteiger partial charge in [-0.2, -0.15) is 0 Å². The number of hydrogen-bond donors (Lipinski definition) is 1. The molecule has 2 heterocycles. The molecular formula is C23H27NO2S. The molecule has 2 aliphatic heterocycles. The van der Waals surface area contributed by atoms with Gasteiger partial charge in [0, 0.05) is 23.7 Å². The molecule has 0 radical (unpaired) electrons. The molecule has 0 spiro atoms. The van der Waals surface area contributed by atoms with E-state index < -0.39 is 5.60 Å². The van der Waals surface area contributed by atoms with Crippen molar-refractivity contribution in [3.05, 3.63) is 71.8 Å². The van der Waals surface area contributed by atoms with E-state index in [2.05, 4.69) is 54.1 Å². The Kier molecular flexibility index (Phi) is 5.31. The molecule has 0 saturated carbocycles. The van der Waals surface area contributed by atoms with Gasteiger partial charge in [0.2, 0.25) is 0 Å². The smallest absolute Gasteiger partial charge is 0.136 e. The van der Waals surface area contributed by atoms with Crippen molar-refractivity contribution in [2.45, 2.75) is 29.3 Å². The van der Waals surface area contributed by atoms with Gasteiger partial charge in [-0.05, 0) is 53.8 Å². The van der Waals surface area contributed by atoms with Gasteiger partial charge in [-0.1, -0.05) is 43.0 Å². The Morgan fingerprint density at radius 3 is 2.22 bits per heavy atom. The maximum Gasteiger partial charge on any atom is 0.136 e. The number of benzene rings is 2. The lowest BCUT2D eigenvalue weighted by molar-refractivity contribution is -0.184. The van der Waals surface area contributed by atoms with Gasteiger partial charge in [0.25, 0.3) is 0 Å². The number of hydrogen-bond acceptors (Lipinski definition) is 4. The van der Waals surface area contributed by atoms with E-state index in [-0.39, 0.29) is 0 Å². The lowest BCUT2D eigenvalue weighted by atomic mass is 9.88. The second kappa shape index (κ2) is 7.70. The molecule has 0 amide bonds. The van der Waals surface area contributed by atoms with Crippen LogP contribution in [0.25, 0.3) is 5.70 Å². The summed E-state index contributed by atoms with van der Waals surface area (Å²) in [5, 5.41) is 10.4. The molecule has 0 unspecified atom stereocenters. The first-order chi connectivity index (χ1) is 13.1. The predicted octanol–water partition coefficient (Wildman–Crippen LogP) is 4.48. The van der Waals surface area contributed by atoms with Gasteiger partial charge in [0.15, 0.2) is 0 Å². The summed E-state index contributed by atoms with van der Waals surface area (Å²) in [6, 6.07) is 17.2. The van der Waals surface area contributed by atoms with E-state index in [0.717, 1.165) is 42.8 Å². The first-order valence-electron chi connectivity index (χ1n) is 9.58. The molecule has 2 saturated heterocycles. The minimum Gasteiger partial charge on any atom is -0.380 e. The van der Waals surface area contributed by atoms with Crippen LogP contribution in [0.4, 0.5) is 0 Å². The lowest BCUT2D eigenvalue weighted by Gasteiger charge is -2.37. The monoisotopic (exact) mass is 381 g/mol. The Hall–Kier alpha value is -1.75. The van der Waals surface area contributed by atoms with E-state index >= 15 is 0 Å². The molecule has 2 aliphatic rings. The summed E-state index contributed by atoms with van der Waals surface area (Å²) in [6.07, 6.45) is 4.44. The fraction of sp³-hybridized carbons (Fsp3) is 0.391. The molecule has 0 aliphatic carbocycles. The fourth-order valence-corrected chi connectivity index (χ4v) is 4.38. The van der Waals surface area contributed by atoms with Crippen LogP contribution >= 0.6 is 11.8 Å². The van der Waals surface area contributed by atoms with Gasteiger partial charge in [-0.25, -0.2) is 0 Å². The zero-order valence-electron chi connectivity index (χ0n) is 15.9. The van der Waals surface area contributed by atoms with Gasteiger partial charge >= 0.3 is 0 Å². The highest BCUT2D eigenvalue weighted by Crippen LogP contribution is 2.33. The van der Waals surface area contributed by atoms with Crippen LogP contribution in [0.1, 0.15) is 35.4 Å². The molecule has 2 fully saturated rings. The highest BCUT2D eigenvalue weighted by molar-refractivity contribution is 7.98. The molecule has 27 heavy (non-hydrogen) atoms. The van der Waals surface area contributed by atoms with E-state index in [1.54, 1.807) is 11.8 Å². The van der Waals surface area contributed by atoms with Gasteiger partial charge in [0.05, 0.1) is 13.2 Å². The van der Waals surface area contributed by atoms with Crippen molar-refractivity contribution < 1.29 is 9.84 Å². The van der Waals surface area contributed by atoms with Crippen molar-refractivity contribution in [1.29, 1.82) is 0 Å². The maximum atomic E-state index is 10.4. The molecule has 0 atom stereocenters. The molecule has 1 N–H and O–H groups in total. The predicted molar refractivity (Wildman–Crippen MR) is 112 cm³/mol. The molecule has 2 aromatic rings. The van der Waals surface area contributed by atoms with E-state index in [0.29, 0.717) is 19.1 Å². The topological polar surface area (TPSA) is 32.7 Å². The number of rotatable bonds is 5. The normalized spacial score (nSPS) is 19.6. The fourth-order valence-electron chi connectivity index (χ4n) is 3.98. The quantitative estimate of drug-likeness (QED) is 0.774. The zero-order valence-corrected chi connectivity index (χ0v) is 16.7. The first-order valence-corrected chi connectivity index (χ1v) is 10.8. The standard InChI is InChI=1S/C23H27NO2S/c1-17(18-3-7-21(8-4-18)23(25)15-26-16-23)24-13-11-20(12-14-24)19-5-9-22(27-2)10-6-19/h3-10,20,25H,1,11-16H2,2H3. The van der Waals surface area contributed by atoms with Crippen LogP contribution in [-0.2, 0) is 10.3 Å². The van der Waals surface area contributed by atoms with Crippen LogP contribution in [0.3, 0.4) is 0 Å². The van der Waals surface area contributed by atoms with E-state index in [4.69, 9.17) is 4.74 Å². The minimum atomic E-state index is -0.802. The van der Waals surface area contributed by atoms with Crippen LogP contribution in [0.2, 0.25) is 0 Å². The van der Waals surface area contributed by atoms with Crippen LogP contribution in [0, 0.1) is 0 Å². The summed E-state index contributed by atoms with van der Waals surface area (Å²) in [6.45, 7) is 7.18. The average Bonchev–Trinajstić information content (AvgIpc) is 2.72. The maximum absolute atomic E-state index is 10.4. The second-order valence-corrected chi connectivity index (χ2v) is 8.46. The lowest BCUT2D eigenvalue weighted by Crippen LogP contribution is -2.46. The number of likely N-dealkylation sites (tertiary alicyclic amines) is 1. The Morgan fingerprint density at radius 2 is 1.70 bits per heavy atom. The zero-order chi connectivity index (χ0) is 18.9. The number of ether oxygens (including phenoxy) is 1.